The molecular formula is C20H23BrN4O3. The average molecular weight is 447 g/mol. The molecule has 1 N–H and O–H groups in total. The molecule has 7 nitrogen and oxygen atoms in total. The number of nitrogens with zero attached hydrogens (tertiary/aromatic N) is 3. The summed E-state index contributed by atoms with van der Waals surface area (Å²) in [5.74, 6) is 0.0126. The van der Waals surface area contributed by atoms with Crippen LogP contribution in [0.15, 0.2) is 41.1 Å². The number of ether oxygens (including phenoxy) is 1. The first-order chi connectivity index (χ1) is 13.6. The minimum absolute atomic E-state index is 0.0338. The van der Waals surface area contributed by atoms with Crippen LogP contribution in [0.2, 0.25) is 0 Å². The molecule has 1 aromatic carbocycles. The highest BCUT2D eigenvalue weighted by molar-refractivity contribution is 9.10. The number of halogens is 1. The summed E-state index contributed by atoms with van der Waals surface area (Å²) in [7, 11) is 0. The largest absolute Gasteiger partial charge is 0.381 e. The molecule has 0 saturated carbocycles. The molecule has 2 aromatic rings. The van der Waals surface area contributed by atoms with Gasteiger partial charge in [0, 0.05) is 49.1 Å². The third kappa shape index (κ3) is 4.44. The third-order valence-electron chi connectivity index (χ3n) is 5.30. The number of nitrogens with one attached hydrogen (secondary N) is 1. The summed E-state index contributed by atoms with van der Waals surface area (Å²) in [6.45, 7) is 2.83. The Hall–Kier alpha value is -2.19. The van der Waals surface area contributed by atoms with E-state index in [1.165, 1.54) is 0 Å². The minimum Gasteiger partial charge on any atom is -0.381 e. The summed E-state index contributed by atoms with van der Waals surface area (Å²) in [6, 6.07) is 7.56. The van der Waals surface area contributed by atoms with Crippen molar-refractivity contribution in [1.29, 1.82) is 0 Å². The van der Waals surface area contributed by atoms with Crippen LogP contribution in [0.4, 0.5) is 11.4 Å². The summed E-state index contributed by atoms with van der Waals surface area (Å²) in [5.41, 5.74) is 1.48. The Balaban J connectivity index is 1.34. The summed E-state index contributed by atoms with van der Waals surface area (Å²) in [4.78, 5) is 26.7. The molecular weight excluding hydrogens is 424 g/mol. The molecule has 0 unspecified atom stereocenters. The minimum atomic E-state index is -0.370. The van der Waals surface area contributed by atoms with E-state index in [0.29, 0.717) is 18.2 Å². The number of hydrogen-bond acceptors (Lipinski definition) is 4. The van der Waals surface area contributed by atoms with Gasteiger partial charge in [0.1, 0.15) is 0 Å². The van der Waals surface area contributed by atoms with Crippen LogP contribution >= 0.6 is 15.9 Å². The van der Waals surface area contributed by atoms with Crippen LogP contribution in [0.1, 0.15) is 19.3 Å². The van der Waals surface area contributed by atoms with Gasteiger partial charge in [-0.15, -0.1) is 0 Å². The van der Waals surface area contributed by atoms with Gasteiger partial charge in [-0.25, -0.2) is 0 Å². The van der Waals surface area contributed by atoms with Crippen LogP contribution in [0.25, 0.3) is 0 Å². The van der Waals surface area contributed by atoms with Crippen molar-refractivity contribution in [2.75, 3.05) is 30.0 Å². The second kappa shape index (κ2) is 8.45. The van der Waals surface area contributed by atoms with E-state index in [0.717, 1.165) is 42.8 Å². The Morgan fingerprint density at radius 3 is 2.93 bits per heavy atom. The molecule has 2 saturated heterocycles. The standard InChI is InChI=1S/C20H23BrN4O3/c21-16-2-1-3-18(9-16)25-12-15(8-19(25)26)20(27)23-17-10-22-24(13-17)11-14-4-6-28-7-5-14/h1-3,9-10,13-15H,4-8,11-12H2,(H,23,27)/t15-/m0/s1. The quantitative estimate of drug-likeness (QED) is 0.765. The number of rotatable bonds is 5. The van der Waals surface area contributed by atoms with Crippen LogP contribution in [0, 0.1) is 11.8 Å². The fourth-order valence-corrected chi connectivity index (χ4v) is 4.13. The van der Waals surface area contributed by atoms with Crippen molar-refractivity contribution in [1.82, 2.24) is 9.78 Å². The molecule has 28 heavy (non-hydrogen) atoms. The molecule has 3 heterocycles. The number of aromatic nitrogens is 2. The number of amides is 2. The Morgan fingerprint density at radius 1 is 1.32 bits per heavy atom. The van der Waals surface area contributed by atoms with E-state index >= 15 is 0 Å². The van der Waals surface area contributed by atoms with Crippen molar-refractivity contribution in [3.63, 3.8) is 0 Å². The summed E-state index contributed by atoms with van der Waals surface area (Å²) < 4.78 is 8.17. The second-order valence-corrected chi connectivity index (χ2v) is 8.30. The van der Waals surface area contributed by atoms with Crippen LogP contribution in [-0.4, -0.2) is 41.4 Å². The fourth-order valence-electron chi connectivity index (χ4n) is 3.74. The Bertz CT molecular complexity index is 863. The van der Waals surface area contributed by atoms with Gasteiger partial charge in [-0.2, -0.15) is 5.10 Å². The van der Waals surface area contributed by atoms with Gasteiger partial charge in [-0.05, 0) is 37.0 Å². The molecule has 2 aliphatic rings. The lowest BCUT2D eigenvalue weighted by Crippen LogP contribution is -2.28. The molecule has 4 rings (SSSR count). The zero-order chi connectivity index (χ0) is 19.5. The van der Waals surface area contributed by atoms with E-state index in [-0.39, 0.29) is 24.2 Å². The van der Waals surface area contributed by atoms with Gasteiger partial charge < -0.3 is 15.0 Å². The molecule has 2 amide bonds. The molecule has 148 valence electrons. The van der Waals surface area contributed by atoms with Crippen LogP contribution in [-0.2, 0) is 20.9 Å². The van der Waals surface area contributed by atoms with Gasteiger partial charge in [-0.1, -0.05) is 22.0 Å². The number of hydrogen-bond donors (Lipinski definition) is 1. The summed E-state index contributed by atoms with van der Waals surface area (Å²) in [6.07, 6.45) is 5.82. The average Bonchev–Trinajstić information content (AvgIpc) is 3.29. The van der Waals surface area contributed by atoms with E-state index in [4.69, 9.17) is 4.74 Å². The van der Waals surface area contributed by atoms with E-state index in [9.17, 15) is 9.59 Å². The Labute approximate surface area is 172 Å². The maximum Gasteiger partial charge on any atom is 0.229 e. The molecule has 2 aliphatic heterocycles. The highest BCUT2D eigenvalue weighted by Crippen LogP contribution is 2.28. The molecule has 0 aliphatic carbocycles. The van der Waals surface area contributed by atoms with Crippen molar-refractivity contribution in [3.8, 4) is 0 Å². The lowest BCUT2D eigenvalue weighted by Gasteiger charge is -2.21. The predicted octanol–water partition coefficient (Wildman–Crippen LogP) is 3.06. The van der Waals surface area contributed by atoms with Gasteiger partial charge in [0.25, 0.3) is 0 Å². The van der Waals surface area contributed by atoms with Crippen molar-refractivity contribution < 1.29 is 14.3 Å². The van der Waals surface area contributed by atoms with Gasteiger partial charge in [0.2, 0.25) is 11.8 Å². The maximum absolute atomic E-state index is 12.7. The SMILES string of the molecule is O=C(Nc1cnn(CC2CCOCC2)c1)[C@H]1CC(=O)N(c2cccc(Br)c2)C1. The Morgan fingerprint density at radius 2 is 2.14 bits per heavy atom. The van der Waals surface area contributed by atoms with Crippen LogP contribution in [0.3, 0.4) is 0 Å². The van der Waals surface area contributed by atoms with E-state index in [1.54, 1.807) is 11.1 Å². The lowest BCUT2D eigenvalue weighted by atomic mass is 10.0. The molecule has 2 fully saturated rings. The third-order valence-corrected chi connectivity index (χ3v) is 5.80. The fraction of sp³-hybridized carbons (Fsp3) is 0.450. The number of carbonyl (C=O) groups excluding carboxylic acids is 2. The molecule has 0 bridgehead atoms. The molecule has 1 aromatic heterocycles. The molecule has 1 atom stereocenters. The highest BCUT2D eigenvalue weighted by atomic mass is 79.9. The van der Waals surface area contributed by atoms with Crippen LogP contribution < -0.4 is 10.2 Å². The van der Waals surface area contributed by atoms with Gasteiger partial charge >= 0.3 is 0 Å². The Kier molecular flexibility index (Phi) is 5.77. The first-order valence-electron chi connectivity index (χ1n) is 9.55. The number of benzene rings is 1. The first-order valence-corrected chi connectivity index (χ1v) is 10.3. The van der Waals surface area contributed by atoms with Crippen molar-refractivity contribution in [2.24, 2.45) is 11.8 Å². The topological polar surface area (TPSA) is 76.5 Å². The zero-order valence-electron chi connectivity index (χ0n) is 15.5. The van der Waals surface area contributed by atoms with Crippen LogP contribution in [0.5, 0.6) is 0 Å². The smallest absolute Gasteiger partial charge is 0.229 e. The highest BCUT2D eigenvalue weighted by Gasteiger charge is 2.35. The maximum atomic E-state index is 12.7. The van der Waals surface area contributed by atoms with Gasteiger partial charge in [-0.3, -0.25) is 14.3 Å². The van der Waals surface area contributed by atoms with Crippen molar-refractivity contribution in [3.05, 3.63) is 41.1 Å². The van der Waals surface area contributed by atoms with E-state index in [2.05, 4.69) is 26.3 Å². The van der Waals surface area contributed by atoms with Gasteiger partial charge in [0.05, 0.1) is 17.8 Å². The normalized spacial score (nSPS) is 20.5. The van der Waals surface area contributed by atoms with Gasteiger partial charge in [0.15, 0.2) is 0 Å². The molecule has 0 spiro atoms. The zero-order valence-corrected chi connectivity index (χ0v) is 17.1. The van der Waals surface area contributed by atoms with Crippen molar-refractivity contribution in [2.45, 2.75) is 25.8 Å². The van der Waals surface area contributed by atoms with E-state index < -0.39 is 0 Å². The molecule has 0 radical (unpaired) electrons. The van der Waals surface area contributed by atoms with Crippen molar-refractivity contribution >= 4 is 39.1 Å². The lowest BCUT2D eigenvalue weighted by molar-refractivity contribution is -0.122. The predicted molar refractivity (Wildman–Crippen MR) is 109 cm³/mol. The molecule has 8 heteroatoms. The van der Waals surface area contributed by atoms with E-state index in [1.807, 2.05) is 35.1 Å². The summed E-state index contributed by atoms with van der Waals surface area (Å²) >= 11 is 3.42. The first kappa shape index (κ1) is 19.1. The monoisotopic (exact) mass is 446 g/mol. The summed E-state index contributed by atoms with van der Waals surface area (Å²) in [5, 5.41) is 7.27. The second-order valence-electron chi connectivity index (χ2n) is 7.38. The number of carbonyl (C=O) groups is 2. The number of anilines is 2.